The van der Waals surface area contributed by atoms with Gasteiger partial charge in [0.2, 0.25) is 0 Å². The van der Waals surface area contributed by atoms with Crippen molar-refractivity contribution in [2.75, 3.05) is 43.1 Å². The van der Waals surface area contributed by atoms with E-state index in [2.05, 4.69) is 78.4 Å². The summed E-state index contributed by atoms with van der Waals surface area (Å²) in [6.45, 7) is 12.9. The number of nitrogens with zero attached hydrogens (tertiary/aromatic N) is 4. The molecule has 10 heteroatoms. The molecule has 0 saturated carbocycles. The third-order valence-electron chi connectivity index (χ3n) is 8.35. The fourth-order valence-electron chi connectivity index (χ4n) is 5.80. The average molecular weight is 684 g/mol. The molecule has 1 N–H and O–H groups in total. The zero-order valence-corrected chi connectivity index (χ0v) is 30.0. The van der Waals surface area contributed by atoms with Crippen LogP contribution in [0.5, 0.6) is 5.75 Å². The molecule has 2 heterocycles. The van der Waals surface area contributed by atoms with Crippen molar-refractivity contribution in [3.63, 3.8) is 0 Å². The first-order chi connectivity index (χ1) is 23.8. The van der Waals surface area contributed by atoms with E-state index in [9.17, 15) is 9.00 Å². The standard InChI is InChI=1S/C39H49N5O4S/c1-5-7-21-47-22-23-48-35-13-8-30(9-14-35)31-10-17-37-33(24-31)25-32(18-20-43(37)19-6-2)39(45)41-34-11-15-36(16-12-34)49(46)27-38-42-40-28-44(38)26-29(3)4/h8-17,24-25,28-29H,5-7,18-23,26-27H2,1-4H3,(H,41,45). The summed E-state index contributed by atoms with van der Waals surface area (Å²) in [5.74, 6) is 2.11. The average Bonchev–Trinajstić information content (AvgIpc) is 3.44. The van der Waals surface area contributed by atoms with Crippen LogP contribution in [-0.4, -0.2) is 57.8 Å². The fraction of sp³-hybridized carbons (Fsp3) is 0.410. The monoisotopic (exact) mass is 683 g/mol. The Morgan fingerprint density at radius 3 is 2.47 bits per heavy atom. The number of carbonyl (C=O) groups excluding carboxylic acids is 1. The number of fused-ring (bicyclic) bond motifs is 1. The minimum Gasteiger partial charge on any atom is -0.491 e. The first-order valence-corrected chi connectivity index (χ1v) is 18.7. The minimum absolute atomic E-state index is 0.134. The lowest BCUT2D eigenvalue weighted by Gasteiger charge is -2.25. The van der Waals surface area contributed by atoms with Crippen LogP contribution in [0.15, 0.2) is 83.5 Å². The summed E-state index contributed by atoms with van der Waals surface area (Å²) in [6.07, 6.45) is 7.54. The van der Waals surface area contributed by atoms with Crippen LogP contribution in [0.1, 0.15) is 64.8 Å². The number of hydrogen-bond donors (Lipinski definition) is 1. The maximum Gasteiger partial charge on any atom is 0.251 e. The van der Waals surface area contributed by atoms with Crippen molar-refractivity contribution in [3.8, 4) is 16.9 Å². The Morgan fingerprint density at radius 1 is 0.959 bits per heavy atom. The number of anilines is 2. The molecule has 1 aromatic heterocycles. The van der Waals surface area contributed by atoms with Crippen LogP contribution in [0.2, 0.25) is 0 Å². The second-order valence-electron chi connectivity index (χ2n) is 12.8. The van der Waals surface area contributed by atoms with Gasteiger partial charge in [-0.3, -0.25) is 9.00 Å². The number of hydrogen-bond acceptors (Lipinski definition) is 7. The normalized spacial score (nSPS) is 13.5. The quantitative estimate of drug-likeness (QED) is 0.114. The summed E-state index contributed by atoms with van der Waals surface area (Å²) >= 11 is 0. The lowest BCUT2D eigenvalue weighted by molar-refractivity contribution is -0.112. The molecule has 260 valence electrons. The second kappa shape index (κ2) is 17.9. The molecule has 0 radical (unpaired) electrons. The first kappa shape index (κ1) is 36.0. The van der Waals surface area contributed by atoms with E-state index < -0.39 is 10.8 Å². The third-order valence-corrected chi connectivity index (χ3v) is 9.67. The van der Waals surface area contributed by atoms with E-state index in [0.29, 0.717) is 42.0 Å². The van der Waals surface area contributed by atoms with E-state index in [4.69, 9.17) is 9.47 Å². The topological polar surface area (TPSA) is 98.6 Å². The van der Waals surface area contributed by atoms with Crippen molar-refractivity contribution >= 4 is 34.2 Å². The van der Waals surface area contributed by atoms with Gasteiger partial charge in [0.1, 0.15) is 24.5 Å². The molecule has 9 nitrogen and oxygen atoms in total. The van der Waals surface area contributed by atoms with Crippen molar-refractivity contribution in [2.24, 2.45) is 5.92 Å². The molecule has 1 amide bonds. The molecule has 4 aromatic rings. The molecular formula is C39H49N5O4S. The van der Waals surface area contributed by atoms with E-state index in [1.165, 1.54) is 0 Å². The van der Waals surface area contributed by atoms with Gasteiger partial charge in [0.15, 0.2) is 0 Å². The Bertz CT molecular complexity index is 1720. The molecule has 0 spiro atoms. The molecule has 1 aliphatic heterocycles. The molecule has 1 atom stereocenters. The maximum absolute atomic E-state index is 13.6. The van der Waals surface area contributed by atoms with Gasteiger partial charge in [0.25, 0.3) is 5.91 Å². The van der Waals surface area contributed by atoms with Crippen molar-refractivity contribution in [3.05, 3.63) is 90.0 Å². The van der Waals surface area contributed by atoms with Crippen LogP contribution in [-0.2, 0) is 32.6 Å². The van der Waals surface area contributed by atoms with Crippen LogP contribution in [0.25, 0.3) is 17.2 Å². The van der Waals surface area contributed by atoms with E-state index in [-0.39, 0.29) is 11.7 Å². The molecule has 0 saturated heterocycles. The zero-order chi connectivity index (χ0) is 34.6. The number of nitrogens with one attached hydrogen (secondary N) is 1. The summed E-state index contributed by atoms with van der Waals surface area (Å²) in [4.78, 5) is 16.6. The molecule has 49 heavy (non-hydrogen) atoms. The molecule has 3 aromatic carbocycles. The molecule has 1 aliphatic rings. The van der Waals surface area contributed by atoms with Crippen LogP contribution in [0, 0.1) is 5.92 Å². The van der Waals surface area contributed by atoms with Gasteiger partial charge in [0.05, 0.1) is 23.2 Å². The molecule has 0 aliphatic carbocycles. The highest BCUT2D eigenvalue weighted by Gasteiger charge is 2.20. The van der Waals surface area contributed by atoms with Crippen molar-refractivity contribution in [2.45, 2.75) is 70.6 Å². The van der Waals surface area contributed by atoms with Crippen LogP contribution in [0.4, 0.5) is 11.4 Å². The highest BCUT2D eigenvalue weighted by Crippen LogP contribution is 2.33. The Labute approximate surface area is 293 Å². The summed E-state index contributed by atoms with van der Waals surface area (Å²) < 4.78 is 26.5. The largest absolute Gasteiger partial charge is 0.491 e. The Hall–Kier alpha value is -4.28. The predicted molar refractivity (Wildman–Crippen MR) is 198 cm³/mol. The molecule has 0 fully saturated rings. The minimum atomic E-state index is -1.28. The Kier molecular flexibility index (Phi) is 13.2. The predicted octanol–water partition coefficient (Wildman–Crippen LogP) is 7.75. The number of benzene rings is 3. The number of unbranched alkanes of at least 4 members (excludes halogenated alkanes) is 1. The summed E-state index contributed by atoms with van der Waals surface area (Å²) in [5, 5.41) is 11.2. The van der Waals surface area contributed by atoms with E-state index in [1.54, 1.807) is 18.5 Å². The Morgan fingerprint density at radius 2 is 1.73 bits per heavy atom. The third kappa shape index (κ3) is 10.1. The SMILES string of the molecule is CCCCOCCOc1ccc(-c2ccc3c(c2)C=C(C(=O)Nc2ccc(S(=O)Cc4nncn4CC(C)C)cc2)CCN3CCC)cc1. The highest BCUT2D eigenvalue weighted by atomic mass is 32.2. The lowest BCUT2D eigenvalue weighted by atomic mass is 10.00. The van der Waals surface area contributed by atoms with Gasteiger partial charge < -0.3 is 24.3 Å². The van der Waals surface area contributed by atoms with Gasteiger partial charge in [-0.15, -0.1) is 10.2 Å². The van der Waals surface area contributed by atoms with Crippen molar-refractivity contribution < 1.29 is 18.5 Å². The number of amides is 1. The first-order valence-electron chi connectivity index (χ1n) is 17.4. The Balaban J connectivity index is 1.26. The van der Waals surface area contributed by atoms with Gasteiger partial charge in [-0.25, -0.2) is 0 Å². The molecular weight excluding hydrogens is 635 g/mol. The maximum atomic E-state index is 13.6. The van der Waals surface area contributed by atoms with E-state index >= 15 is 0 Å². The smallest absolute Gasteiger partial charge is 0.251 e. The molecule has 5 rings (SSSR count). The van der Waals surface area contributed by atoms with Crippen molar-refractivity contribution in [1.82, 2.24) is 14.8 Å². The van der Waals surface area contributed by atoms with E-state index in [1.807, 2.05) is 34.9 Å². The lowest BCUT2D eigenvalue weighted by Crippen LogP contribution is -2.26. The number of carbonyl (C=O) groups is 1. The van der Waals surface area contributed by atoms with Crippen LogP contribution < -0.4 is 15.0 Å². The van der Waals surface area contributed by atoms with Gasteiger partial charge in [-0.1, -0.05) is 52.3 Å². The van der Waals surface area contributed by atoms with Crippen LogP contribution >= 0.6 is 0 Å². The summed E-state index contributed by atoms with van der Waals surface area (Å²) in [7, 11) is -1.28. The molecule has 0 bridgehead atoms. The van der Waals surface area contributed by atoms with Crippen molar-refractivity contribution in [1.29, 1.82) is 0 Å². The van der Waals surface area contributed by atoms with Crippen LogP contribution in [0.3, 0.4) is 0 Å². The fourth-order valence-corrected chi connectivity index (χ4v) is 6.87. The number of ether oxygens (including phenoxy) is 2. The second-order valence-corrected chi connectivity index (χ2v) is 14.2. The number of aromatic nitrogens is 3. The zero-order valence-electron chi connectivity index (χ0n) is 29.2. The van der Waals surface area contributed by atoms with Gasteiger partial charge in [-0.2, -0.15) is 0 Å². The molecule has 1 unspecified atom stereocenters. The van der Waals surface area contributed by atoms with Gasteiger partial charge in [-0.05, 0) is 96.5 Å². The van der Waals surface area contributed by atoms with E-state index in [0.717, 1.165) is 79.2 Å². The summed E-state index contributed by atoms with van der Waals surface area (Å²) in [6, 6.07) is 21.8. The van der Waals surface area contributed by atoms with Gasteiger partial charge >= 0.3 is 0 Å². The van der Waals surface area contributed by atoms with Gasteiger partial charge in [0, 0.05) is 48.1 Å². The number of rotatable bonds is 17. The summed E-state index contributed by atoms with van der Waals surface area (Å²) in [5.41, 5.74) is 5.69. The highest BCUT2D eigenvalue weighted by molar-refractivity contribution is 7.84.